The van der Waals surface area contributed by atoms with Gasteiger partial charge >= 0.3 is 0 Å². The van der Waals surface area contributed by atoms with E-state index in [0.29, 0.717) is 0 Å². The fourth-order valence-electron chi connectivity index (χ4n) is 7.29. The van der Waals surface area contributed by atoms with E-state index in [9.17, 15) is 0 Å². The SMILES string of the molecule is c1ccc(-c2cccc(N(c3cc4ccccc4c4cc5c(cc34)oc3ccccc35)c3cccc4sc5ccccc5c34)c2)cc1. The van der Waals surface area contributed by atoms with E-state index in [1.54, 1.807) is 0 Å². The monoisotopic (exact) mass is 617 g/mol. The van der Waals surface area contributed by atoms with E-state index >= 15 is 0 Å². The van der Waals surface area contributed by atoms with Gasteiger partial charge in [0.25, 0.3) is 0 Å². The number of furan rings is 1. The van der Waals surface area contributed by atoms with E-state index in [1.165, 1.54) is 47.5 Å². The van der Waals surface area contributed by atoms with Crippen molar-refractivity contribution in [3.63, 3.8) is 0 Å². The molecule has 220 valence electrons. The molecule has 0 aliphatic rings. The first-order chi connectivity index (χ1) is 23.3. The van der Waals surface area contributed by atoms with Crippen molar-refractivity contribution in [2.75, 3.05) is 4.90 Å². The number of rotatable bonds is 4. The molecule has 2 heterocycles. The van der Waals surface area contributed by atoms with Crippen molar-refractivity contribution in [1.82, 2.24) is 0 Å². The number of hydrogen-bond acceptors (Lipinski definition) is 3. The maximum atomic E-state index is 6.49. The first-order valence-electron chi connectivity index (χ1n) is 15.9. The second-order valence-corrected chi connectivity index (χ2v) is 13.2. The normalized spacial score (nSPS) is 11.8. The molecule has 0 aliphatic carbocycles. The number of fused-ring (bicyclic) bond motifs is 9. The minimum absolute atomic E-state index is 0.896. The first-order valence-corrected chi connectivity index (χ1v) is 16.7. The number of anilines is 3. The van der Waals surface area contributed by atoms with E-state index in [2.05, 4.69) is 163 Å². The second kappa shape index (κ2) is 10.3. The van der Waals surface area contributed by atoms with Gasteiger partial charge < -0.3 is 9.32 Å². The highest BCUT2D eigenvalue weighted by Gasteiger charge is 2.22. The van der Waals surface area contributed by atoms with Gasteiger partial charge in [-0.15, -0.1) is 11.3 Å². The van der Waals surface area contributed by atoms with Gasteiger partial charge in [0, 0.05) is 42.0 Å². The number of hydrogen-bond donors (Lipinski definition) is 0. The Balaban J connectivity index is 1.35. The topological polar surface area (TPSA) is 16.4 Å². The van der Waals surface area contributed by atoms with Crippen molar-refractivity contribution < 1.29 is 4.42 Å². The van der Waals surface area contributed by atoms with Crippen LogP contribution in [0, 0.1) is 0 Å². The van der Waals surface area contributed by atoms with Crippen LogP contribution in [-0.4, -0.2) is 0 Å². The van der Waals surface area contributed by atoms with Gasteiger partial charge in [-0.05, 0) is 81.9 Å². The standard InChI is InChI=1S/C44H27NOS/c1-2-12-28(13-3-1)29-15-10-16-31(24-29)45(38-20-11-23-43-44(38)34-19-7-9-22-42(34)47-43)39-25-30-14-4-5-17-32(30)35-26-37-33-18-6-8-21-40(33)46-41(37)27-36(35)39/h1-27H. The largest absolute Gasteiger partial charge is 0.456 e. The first kappa shape index (κ1) is 26.3. The summed E-state index contributed by atoms with van der Waals surface area (Å²) in [4.78, 5) is 2.47. The molecule has 0 radical (unpaired) electrons. The Morgan fingerprint density at radius 3 is 2.04 bits per heavy atom. The van der Waals surface area contributed by atoms with Gasteiger partial charge in [0.2, 0.25) is 0 Å². The maximum Gasteiger partial charge on any atom is 0.136 e. The summed E-state index contributed by atoms with van der Waals surface area (Å²) in [5.41, 5.74) is 7.56. The van der Waals surface area contributed by atoms with Crippen LogP contribution < -0.4 is 4.90 Å². The smallest absolute Gasteiger partial charge is 0.136 e. The number of para-hydroxylation sites is 1. The summed E-state index contributed by atoms with van der Waals surface area (Å²) >= 11 is 1.85. The van der Waals surface area contributed by atoms with Gasteiger partial charge in [0.05, 0.1) is 11.4 Å². The van der Waals surface area contributed by atoms with Gasteiger partial charge in [-0.1, -0.05) is 109 Å². The lowest BCUT2D eigenvalue weighted by molar-refractivity contribution is 0.669. The minimum Gasteiger partial charge on any atom is -0.456 e. The van der Waals surface area contributed by atoms with Crippen LogP contribution in [0.15, 0.2) is 168 Å². The van der Waals surface area contributed by atoms with E-state index in [4.69, 9.17) is 4.42 Å². The molecular formula is C44H27NOS. The molecule has 10 aromatic rings. The van der Waals surface area contributed by atoms with Crippen molar-refractivity contribution >= 4 is 92.1 Å². The maximum absolute atomic E-state index is 6.49. The Kier molecular flexibility index (Phi) is 5.78. The molecule has 2 nitrogen and oxygen atoms in total. The minimum atomic E-state index is 0.896. The van der Waals surface area contributed by atoms with E-state index < -0.39 is 0 Å². The van der Waals surface area contributed by atoms with Crippen molar-refractivity contribution in [3.8, 4) is 11.1 Å². The summed E-state index contributed by atoms with van der Waals surface area (Å²) < 4.78 is 9.06. The van der Waals surface area contributed by atoms with Crippen molar-refractivity contribution in [3.05, 3.63) is 164 Å². The average molecular weight is 618 g/mol. The van der Waals surface area contributed by atoms with Gasteiger partial charge in [-0.2, -0.15) is 0 Å². The predicted molar refractivity (Wildman–Crippen MR) is 202 cm³/mol. The van der Waals surface area contributed by atoms with Crippen LogP contribution in [0.3, 0.4) is 0 Å². The summed E-state index contributed by atoms with van der Waals surface area (Å²) in [6, 6.07) is 59.1. The van der Waals surface area contributed by atoms with Crippen LogP contribution in [-0.2, 0) is 0 Å². The fraction of sp³-hybridized carbons (Fsp3) is 0. The molecule has 47 heavy (non-hydrogen) atoms. The van der Waals surface area contributed by atoms with Crippen molar-refractivity contribution in [1.29, 1.82) is 0 Å². The number of benzene rings is 8. The Morgan fingerprint density at radius 1 is 0.404 bits per heavy atom. The molecule has 2 aromatic heterocycles. The predicted octanol–water partition coefficient (Wildman–Crippen LogP) is 13.4. The summed E-state index contributed by atoms with van der Waals surface area (Å²) in [5.74, 6) is 0. The lowest BCUT2D eigenvalue weighted by Gasteiger charge is -2.29. The van der Waals surface area contributed by atoms with E-state index in [-0.39, 0.29) is 0 Å². The quantitative estimate of drug-likeness (QED) is 0.183. The third kappa shape index (κ3) is 4.10. The van der Waals surface area contributed by atoms with Crippen LogP contribution in [0.4, 0.5) is 17.1 Å². The molecule has 0 unspecified atom stereocenters. The molecule has 0 saturated carbocycles. The molecule has 3 heteroatoms. The zero-order valence-corrected chi connectivity index (χ0v) is 26.2. The molecular weight excluding hydrogens is 591 g/mol. The molecule has 0 bridgehead atoms. The number of nitrogens with zero attached hydrogens (tertiary/aromatic N) is 1. The zero-order valence-electron chi connectivity index (χ0n) is 25.4. The van der Waals surface area contributed by atoms with Crippen LogP contribution in [0.2, 0.25) is 0 Å². The molecule has 8 aromatic carbocycles. The van der Waals surface area contributed by atoms with Gasteiger partial charge in [-0.25, -0.2) is 0 Å². The summed E-state index contributed by atoms with van der Waals surface area (Å²) in [6.45, 7) is 0. The van der Waals surface area contributed by atoms with Crippen LogP contribution >= 0.6 is 11.3 Å². The molecule has 10 rings (SSSR count). The van der Waals surface area contributed by atoms with Crippen molar-refractivity contribution in [2.45, 2.75) is 0 Å². The Labute approximate surface area is 275 Å². The molecule has 0 saturated heterocycles. The Morgan fingerprint density at radius 2 is 1.13 bits per heavy atom. The molecule has 0 aliphatic heterocycles. The lowest BCUT2D eigenvalue weighted by atomic mass is 9.96. The van der Waals surface area contributed by atoms with Gasteiger partial charge in [0.15, 0.2) is 0 Å². The fourth-order valence-corrected chi connectivity index (χ4v) is 8.42. The molecule has 0 spiro atoms. The summed E-state index contributed by atoms with van der Waals surface area (Å²) in [6.07, 6.45) is 0. The Hall–Kier alpha value is -5.90. The second-order valence-electron chi connectivity index (χ2n) is 12.1. The van der Waals surface area contributed by atoms with Crippen LogP contribution in [0.5, 0.6) is 0 Å². The molecule has 0 fully saturated rings. The molecule has 0 amide bonds. The molecule has 0 atom stereocenters. The number of thiophene rings is 1. The third-order valence-corrected chi connectivity index (χ3v) is 10.5. The Bertz CT molecular complexity index is 2810. The highest BCUT2D eigenvalue weighted by molar-refractivity contribution is 7.26. The van der Waals surface area contributed by atoms with Crippen LogP contribution in [0.1, 0.15) is 0 Å². The average Bonchev–Trinajstić information content (AvgIpc) is 3.70. The van der Waals surface area contributed by atoms with Gasteiger partial charge in [-0.3, -0.25) is 0 Å². The van der Waals surface area contributed by atoms with E-state index in [0.717, 1.165) is 44.4 Å². The third-order valence-electron chi connectivity index (χ3n) is 9.41. The zero-order chi connectivity index (χ0) is 30.9. The summed E-state index contributed by atoms with van der Waals surface area (Å²) in [5, 5.41) is 9.62. The highest BCUT2D eigenvalue weighted by Crippen LogP contribution is 2.49. The summed E-state index contributed by atoms with van der Waals surface area (Å²) in [7, 11) is 0. The van der Waals surface area contributed by atoms with Crippen LogP contribution in [0.25, 0.3) is 74.8 Å². The van der Waals surface area contributed by atoms with Gasteiger partial charge in [0.1, 0.15) is 11.2 Å². The lowest BCUT2D eigenvalue weighted by Crippen LogP contribution is -2.11. The van der Waals surface area contributed by atoms with E-state index in [1.807, 2.05) is 17.4 Å². The van der Waals surface area contributed by atoms with Crippen molar-refractivity contribution in [2.24, 2.45) is 0 Å². The highest BCUT2D eigenvalue weighted by atomic mass is 32.1. The molecule has 0 N–H and O–H groups in total.